The molecule has 0 amide bonds. The summed E-state index contributed by atoms with van der Waals surface area (Å²) < 4.78 is 43.7. The molecule has 31 heavy (non-hydrogen) atoms. The van der Waals surface area contributed by atoms with Crippen molar-refractivity contribution in [2.45, 2.75) is 11.4 Å². The van der Waals surface area contributed by atoms with Gasteiger partial charge in [0.1, 0.15) is 4.90 Å². The molecule has 1 saturated heterocycles. The van der Waals surface area contributed by atoms with E-state index in [2.05, 4.69) is 0 Å². The van der Waals surface area contributed by atoms with E-state index in [1.807, 2.05) is 6.07 Å². The van der Waals surface area contributed by atoms with Crippen molar-refractivity contribution in [2.24, 2.45) is 0 Å². The van der Waals surface area contributed by atoms with E-state index >= 15 is 0 Å². The van der Waals surface area contributed by atoms with Crippen molar-refractivity contribution in [1.82, 2.24) is 4.31 Å². The molecule has 3 rings (SSSR count). The van der Waals surface area contributed by atoms with E-state index in [0.29, 0.717) is 23.7 Å². The van der Waals surface area contributed by atoms with Crippen molar-refractivity contribution < 1.29 is 27.6 Å². The molecule has 0 bridgehead atoms. The fourth-order valence-corrected chi connectivity index (χ4v) is 5.07. The first-order chi connectivity index (χ1) is 14.8. The minimum atomic E-state index is -3.95. The number of nitrogens with zero attached hydrogens (tertiary/aromatic N) is 3. The van der Waals surface area contributed by atoms with Crippen LogP contribution in [0, 0.1) is 10.1 Å². The summed E-state index contributed by atoms with van der Waals surface area (Å²) in [5.41, 5.74) is 0.940. The topological polar surface area (TPSA) is 111 Å². The quantitative estimate of drug-likeness (QED) is 0.444. The highest BCUT2D eigenvalue weighted by Crippen LogP contribution is 2.33. The van der Waals surface area contributed by atoms with Gasteiger partial charge in [-0.1, -0.05) is 6.07 Å². The van der Waals surface area contributed by atoms with E-state index in [0.717, 1.165) is 11.6 Å². The van der Waals surface area contributed by atoms with Crippen LogP contribution in [-0.4, -0.2) is 65.2 Å². The van der Waals surface area contributed by atoms with Gasteiger partial charge in [0, 0.05) is 38.8 Å². The largest absolute Gasteiger partial charge is 0.493 e. The third-order valence-electron chi connectivity index (χ3n) is 5.02. The zero-order chi connectivity index (χ0) is 22.6. The third-order valence-corrected chi connectivity index (χ3v) is 6.95. The Labute approximate surface area is 181 Å². The normalized spacial score (nSPS) is 14.8. The van der Waals surface area contributed by atoms with Crippen LogP contribution in [0.4, 0.5) is 11.4 Å². The molecule has 0 spiro atoms. The second-order valence-corrected chi connectivity index (χ2v) is 8.88. The van der Waals surface area contributed by atoms with Gasteiger partial charge in [-0.3, -0.25) is 10.1 Å². The molecule has 1 aliphatic heterocycles. The first-order valence-corrected chi connectivity index (χ1v) is 11.0. The van der Waals surface area contributed by atoms with Gasteiger partial charge in [-0.25, -0.2) is 8.42 Å². The van der Waals surface area contributed by atoms with Crippen molar-refractivity contribution in [3.05, 3.63) is 52.1 Å². The Morgan fingerprint density at radius 3 is 2.39 bits per heavy atom. The Kier molecular flexibility index (Phi) is 6.98. The van der Waals surface area contributed by atoms with Gasteiger partial charge in [-0.05, 0) is 23.8 Å². The Balaban J connectivity index is 1.99. The molecule has 0 radical (unpaired) electrons. The fraction of sp³-hybridized carbons (Fsp3) is 0.400. The molecule has 168 valence electrons. The fourth-order valence-electron chi connectivity index (χ4n) is 3.40. The summed E-state index contributed by atoms with van der Waals surface area (Å²) >= 11 is 0. The number of morpholine rings is 1. The molecule has 0 unspecified atom stereocenters. The molecule has 0 atom stereocenters. The maximum atomic E-state index is 13.3. The molecule has 2 aromatic rings. The van der Waals surface area contributed by atoms with Gasteiger partial charge in [0.25, 0.3) is 5.69 Å². The molecule has 0 aliphatic carbocycles. The van der Waals surface area contributed by atoms with Crippen molar-refractivity contribution in [2.75, 3.05) is 52.5 Å². The maximum absolute atomic E-state index is 13.3. The second-order valence-electron chi connectivity index (χ2n) is 6.97. The highest BCUT2D eigenvalue weighted by Gasteiger charge is 2.31. The minimum absolute atomic E-state index is 0.105. The average molecular weight is 452 g/mol. The van der Waals surface area contributed by atoms with Crippen molar-refractivity contribution in [3.63, 3.8) is 0 Å². The van der Waals surface area contributed by atoms with Gasteiger partial charge >= 0.3 is 0 Å². The van der Waals surface area contributed by atoms with Crippen LogP contribution in [0.3, 0.4) is 0 Å². The summed E-state index contributed by atoms with van der Waals surface area (Å²) in [6.45, 7) is 1.31. The molecule has 0 aromatic heterocycles. The molecule has 2 aromatic carbocycles. The Morgan fingerprint density at radius 1 is 1.10 bits per heavy atom. The maximum Gasteiger partial charge on any atom is 0.270 e. The SMILES string of the molecule is COc1ccc(CN(C)c2ccc([N+](=O)[O-])cc2S(=O)(=O)N2CCOCC2)cc1OC. The van der Waals surface area contributed by atoms with E-state index in [4.69, 9.17) is 14.2 Å². The Hall–Kier alpha value is -2.89. The molecule has 1 fully saturated rings. The van der Waals surface area contributed by atoms with Crippen LogP contribution in [0.25, 0.3) is 0 Å². The molecule has 10 nitrogen and oxygen atoms in total. The van der Waals surface area contributed by atoms with Gasteiger partial charge in [0.2, 0.25) is 10.0 Å². The number of ether oxygens (including phenoxy) is 3. The van der Waals surface area contributed by atoms with Crippen molar-refractivity contribution in [1.29, 1.82) is 0 Å². The number of rotatable bonds is 8. The Bertz CT molecular complexity index is 1050. The number of nitro benzene ring substituents is 1. The van der Waals surface area contributed by atoms with Crippen LogP contribution in [0.1, 0.15) is 5.56 Å². The van der Waals surface area contributed by atoms with E-state index in [-0.39, 0.29) is 36.9 Å². The first-order valence-electron chi connectivity index (χ1n) is 9.56. The number of hydrogen-bond donors (Lipinski definition) is 0. The lowest BCUT2D eigenvalue weighted by atomic mass is 10.1. The molecule has 11 heteroatoms. The third kappa shape index (κ3) is 4.89. The van der Waals surface area contributed by atoms with Gasteiger partial charge < -0.3 is 19.1 Å². The zero-order valence-corrected chi connectivity index (χ0v) is 18.4. The summed E-state index contributed by atoms with van der Waals surface area (Å²) in [7, 11) is 0.867. The molecule has 1 aliphatic rings. The molecule has 0 N–H and O–H groups in total. The Morgan fingerprint density at radius 2 is 1.77 bits per heavy atom. The van der Waals surface area contributed by atoms with Crippen LogP contribution in [-0.2, 0) is 21.3 Å². The number of sulfonamides is 1. The number of anilines is 1. The van der Waals surface area contributed by atoms with Crippen molar-refractivity contribution >= 4 is 21.4 Å². The lowest BCUT2D eigenvalue weighted by Gasteiger charge is -2.29. The second kappa shape index (κ2) is 9.50. The van der Waals surface area contributed by atoms with Crippen LogP contribution in [0.5, 0.6) is 11.5 Å². The number of methoxy groups -OCH3 is 2. The highest BCUT2D eigenvalue weighted by atomic mass is 32.2. The zero-order valence-electron chi connectivity index (χ0n) is 17.6. The molecule has 1 heterocycles. The van der Waals surface area contributed by atoms with Crippen LogP contribution >= 0.6 is 0 Å². The summed E-state index contributed by atoms with van der Waals surface area (Å²) in [4.78, 5) is 12.3. The summed E-state index contributed by atoms with van der Waals surface area (Å²) in [6, 6.07) is 9.30. The van der Waals surface area contributed by atoms with Gasteiger partial charge in [-0.15, -0.1) is 0 Å². The minimum Gasteiger partial charge on any atom is -0.493 e. The molecular formula is C20H25N3O7S. The number of nitro groups is 1. The average Bonchev–Trinajstić information content (AvgIpc) is 2.79. The van der Waals surface area contributed by atoms with Gasteiger partial charge in [0.05, 0.1) is 38.0 Å². The van der Waals surface area contributed by atoms with Crippen LogP contribution in [0.15, 0.2) is 41.3 Å². The van der Waals surface area contributed by atoms with Gasteiger partial charge in [0.15, 0.2) is 11.5 Å². The summed E-state index contributed by atoms with van der Waals surface area (Å²) in [5.74, 6) is 1.14. The number of hydrogen-bond acceptors (Lipinski definition) is 8. The van der Waals surface area contributed by atoms with E-state index in [1.165, 1.54) is 23.5 Å². The summed E-state index contributed by atoms with van der Waals surface area (Å²) in [5, 5.41) is 11.3. The standard InChI is InChI=1S/C20H25N3O7S/c1-21(14-15-4-7-18(28-2)19(12-15)29-3)17-6-5-16(23(24)25)13-20(17)31(26,27)22-8-10-30-11-9-22/h4-7,12-13H,8-11,14H2,1-3H3. The highest BCUT2D eigenvalue weighted by molar-refractivity contribution is 7.89. The predicted molar refractivity (Wildman–Crippen MR) is 114 cm³/mol. The van der Waals surface area contributed by atoms with E-state index in [1.54, 1.807) is 31.2 Å². The lowest BCUT2D eigenvalue weighted by molar-refractivity contribution is -0.385. The lowest BCUT2D eigenvalue weighted by Crippen LogP contribution is -2.41. The number of benzene rings is 2. The van der Waals surface area contributed by atoms with Crippen LogP contribution in [0.2, 0.25) is 0 Å². The molecule has 0 saturated carbocycles. The molecular weight excluding hydrogens is 426 g/mol. The summed E-state index contributed by atoms with van der Waals surface area (Å²) in [6.07, 6.45) is 0. The first kappa shape index (κ1) is 22.8. The number of non-ortho nitro benzene ring substituents is 1. The van der Waals surface area contributed by atoms with Gasteiger partial charge in [-0.2, -0.15) is 4.31 Å². The van der Waals surface area contributed by atoms with Crippen molar-refractivity contribution in [3.8, 4) is 11.5 Å². The monoisotopic (exact) mass is 451 g/mol. The van der Waals surface area contributed by atoms with Crippen LogP contribution < -0.4 is 14.4 Å². The smallest absolute Gasteiger partial charge is 0.270 e. The predicted octanol–water partition coefficient (Wildman–Crippen LogP) is 2.27. The van der Waals surface area contributed by atoms with E-state index in [9.17, 15) is 18.5 Å². The van der Waals surface area contributed by atoms with E-state index < -0.39 is 14.9 Å².